The van der Waals surface area contributed by atoms with Gasteiger partial charge in [0.2, 0.25) is 11.8 Å². The van der Waals surface area contributed by atoms with Gasteiger partial charge in [0.25, 0.3) is 0 Å². The summed E-state index contributed by atoms with van der Waals surface area (Å²) in [5.74, 6) is 0.567. The van der Waals surface area contributed by atoms with E-state index in [-0.39, 0.29) is 24.9 Å². The lowest BCUT2D eigenvalue weighted by Gasteiger charge is -2.24. The number of hydrogen-bond donors (Lipinski definition) is 2. The molecule has 0 spiro atoms. The molecule has 0 aliphatic heterocycles. The molecule has 0 bridgehead atoms. The zero-order valence-electron chi connectivity index (χ0n) is 16.2. The summed E-state index contributed by atoms with van der Waals surface area (Å²) in [6, 6.07) is 7.72. The van der Waals surface area contributed by atoms with Crippen LogP contribution in [0.1, 0.15) is 51.0 Å². The first kappa shape index (κ1) is 20.4. The van der Waals surface area contributed by atoms with E-state index < -0.39 is 0 Å². The molecule has 0 saturated heterocycles. The van der Waals surface area contributed by atoms with E-state index in [0.717, 1.165) is 30.8 Å². The van der Waals surface area contributed by atoms with Gasteiger partial charge in [-0.3, -0.25) is 14.5 Å². The van der Waals surface area contributed by atoms with Crippen LogP contribution in [0.25, 0.3) is 0 Å². The summed E-state index contributed by atoms with van der Waals surface area (Å²) >= 11 is 0. The summed E-state index contributed by atoms with van der Waals surface area (Å²) in [5.41, 5.74) is 1.86. The quantitative estimate of drug-likeness (QED) is 0.711. The molecule has 5 nitrogen and oxygen atoms in total. The SMILES string of the molecule is CCCN(CC(=O)NCC1CCCCC1)CC(=O)Nc1ccccc1C. The molecule has 1 aliphatic rings. The molecule has 1 fully saturated rings. The van der Waals surface area contributed by atoms with Gasteiger partial charge in [0.15, 0.2) is 0 Å². The second-order valence-corrected chi connectivity index (χ2v) is 7.38. The van der Waals surface area contributed by atoms with Crippen molar-refractivity contribution in [3.63, 3.8) is 0 Å². The Morgan fingerprint density at radius 1 is 1.08 bits per heavy atom. The maximum absolute atomic E-state index is 12.4. The normalized spacial score (nSPS) is 15.0. The molecular formula is C21H33N3O2. The Kier molecular flexibility index (Phi) is 8.62. The Labute approximate surface area is 157 Å². The molecule has 144 valence electrons. The van der Waals surface area contributed by atoms with Gasteiger partial charge >= 0.3 is 0 Å². The van der Waals surface area contributed by atoms with Crippen LogP contribution < -0.4 is 10.6 Å². The minimum Gasteiger partial charge on any atom is -0.355 e. The maximum atomic E-state index is 12.4. The summed E-state index contributed by atoms with van der Waals surface area (Å²) in [7, 11) is 0. The molecule has 2 N–H and O–H groups in total. The lowest BCUT2D eigenvalue weighted by Crippen LogP contribution is -2.42. The average molecular weight is 360 g/mol. The minimum atomic E-state index is -0.0761. The van der Waals surface area contributed by atoms with Gasteiger partial charge in [0.1, 0.15) is 0 Å². The predicted octanol–water partition coefficient (Wildman–Crippen LogP) is 3.34. The number of aryl methyl sites for hydroxylation is 1. The van der Waals surface area contributed by atoms with Crippen LogP contribution in [-0.4, -0.2) is 42.9 Å². The number of para-hydroxylation sites is 1. The Bertz CT molecular complexity index is 582. The van der Waals surface area contributed by atoms with Gasteiger partial charge in [0, 0.05) is 12.2 Å². The fourth-order valence-electron chi connectivity index (χ4n) is 3.54. The number of benzene rings is 1. The average Bonchev–Trinajstić information content (AvgIpc) is 2.63. The van der Waals surface area contributed by atoms with Crippen molar-refractivity contribution < 1.29 is 9.59 Å². The van der Waals surface area contributed by atoms with E-state index in [4.69, 9.17) is 0 Å². The van der Waals surface area contributed by atoms with Crippen LogP contribution in [0.2, 0.25) is 0 Å². The number of amides is 2. The van der Waals surface area contributed by atoms with Crippen molar-refractivity contribution in [1.82, 2.24) is 10.2 Å². The van der Waals surface area contributed by atoms with Crippen LogP contribution in [0.4, 0.5) is 5.69 Å². The Morgan fingerprint density at radius 3 is 2.46 bits per heavy atom. The fraction of sp³-hybridized carbons (Fsp3) is 0.619. The predicted molar refractivity (Wildman–Crippen MR) is 106 cm³/mol. The molecule has 0 heterocycles. The molecule has 5 heteroatoms. The van der Waals surface area contributed by atoms with E-state index in [0.29, 0.717) is 5.92 Å². The Morgan fingerprint density at radius 2 is 1.77 bits per heavy atom. The zero-order chi connectivity index (χ0) is 18.8. The second kappa shape index (κ2) is 11.0. The smallest absolute Gasteiger partial charge is 0.238 e. The highest BCUT2D eigenvalue weighted by Gasteiger charge is 2.17. The largest absolute Gasteiger partial charge is 0.355 e. The summed E-state index contributed by atoms with van der Waals surface area (Å²) in [5, 5.41) is 6.00. The van der Waals surface area contributed by atoms with Crippen molar-refractivity contribution in [2.24, 2.45) is 5.92 Å². The van der Waals surface area contributed by atoms with Gasteiger partial charge in [-0.2, -0.15) is 0 Å². The molecule has 2 rings (SSSR count). The molecule has 26 heavy (non-hydrogen) atoms. The highest BCUT2D eigenvalue weighted by atomic mass is 16.2. The molecule has 0 unspecified atom stereocenters. The van der Waals surface area contributed by atoms with E-state index in [2.05, 4.69) is 17.6 Å². The monoisotopic (exact) mass is 359 g/mol. The number of rotatable bonds is 9. The molecule has 0 aromatic heterocycles. The number of nitrogens with one attached hydrogen (secondary N) is 2. The van der Waals surface area contributed by atoms with Crippen molar-refractivity contribution in [3.05, 3.63) is 29.8 Å². The van der Waals surface area contributed by atoms with Crippen LogP contribution in [0.5, 0.6) is 0 Å². The van der Waals surface area contributed by atoms with Gasteiger partial charge in [0.05, 0.1) is 13.1 Å². The molecule has 1 aliphatic carbocycles. The molecule has 0 radical (unpaired) electrons. The molecule has 2 amide bonds. The summed E-state index contributed by atoms with van der Waals surface area (Å²) < 4.78 is 0. The van der Waals surface area contributed by atoms with Crippen LogP contribution in [0, 0.1) is 12.8 Å². The third-order valence-electron chi connectivity index (χ3n) is 5.01. The zero-order valence-corrected chi connectivity index (χ0v) is 16.2. The standard InChI is InChI=1S/C21H33N3O2/c1-3-13-24(15-20(25)22-14-18-10-5-4-6-11-18)16-21(26)23-19-12-8-7-9-17(19)2/h7-9,12,18H,3-6,10-11,13-16H2,1-2H3,(H,22,25)(H,23,26). The number of carbonyl (C=O) groups excluding carboxylic acids is 2. The van der Waals surface area contributed by atoms with Crippen molar-refractivity contribution in [1.29, 1.82) is 0 Å². The van der Waals surface area contributed by atoms with E-state index in [9.17, 15) is 9.59 Å². The highest BCUT2D eigenvalue weighted by Crippen LogP contribution is 2.22. The van der Waals surface area contributed by atoms with Crippen molar-refractivity contribution in [3.8, 4) is 0 Å². The van der Waals surface area contributed by atoms with Crippen molar-refractivity contribution >= 4 is 17.5 Å². The molecule has 0 atom stereocenters. The lowest BCUT2D eigenvalue weighted by atomic mass is 9.89. The summed E-state index contributed by atoms with van der Waals surface area (Å²) in [6.07, 6.45) is 7.23. The summed E-state index contributed by atoms with van der Waals surface area (Å²) in [6.45, 7) is 6.05. The minimum absolute atomic E-state index is 0.0210. The van der Waals surface area contributed by atoms with Crippen LogP contribution >= 0.6 is 0 Å². The topological polar surface area (TPSA) is 61.4 Å². The van der Waals surface area contributed by atoms with Gasteiger partial charge in [-0.1, -0.05) is 44.4 Å². The highest BCUT2D eigenvalue weighted by molar-refractivity contribution is 5.93. The summed E-state index contributed by atoms with van der Waals surface area (Å²) in [4.78, 5) is 26.6. The number of anilines is 1. The molecule has 1 aromatic carbocycles. The third-order valence-corrected chi connectivity index (χ3v) is 5.01. The molecular weight excluding hydrogens is 326 g/mol. The van der Waals surface area contributed by atoms with E-state index in [1.54, 1.807) is 0 Å². The van der Waals surface area contributed by atoms with Crippen LogP contribution in [0.15, 0.2) is 24.3 Å². The van der Waals surface area contributed by atoms with Gasteiger partial charge in [-0.25, -0.2) is 0 Å². The first-order valence-corrected chi connectivity index (χ1v) is 9.93. The van der Waals surface area contributed by atoms with Crippen molar-refractivity contribution in [2.75, 3.05) is 31.5 Å². The first-order valence-electron chi connectivity index (χ1n) is 9.93. The maximum Gasteiger partial charge on any atom is 0.238 e. The number of nitrogens with zero attached hydrogens (tertiary/aromatic N) is 1. The van der Waals surface area contributed by atoms with Gasteiger partial charge in [-0.05, 0) is 50.3 Å². The Hall–Kier alpha value is -1.88. The van der Waals surface area contributed by atoms with Crippen molar-refractivity contribution in [2.45, 2.75) is 52.4 Å². The second-order valence-electron chi connectivity index (χ2n) is 7.38. The lowest BCUT2D eigenvalue weighted by molar-refractivity contribution is -0.123. The van der Waals surface area contributed by atoms with Crippen LogP contribution in [0.3, 0.4) is 0 Å². The first-order chi connectivity index (χ1) is 12.6. The molecule has 1 saturated carbocycles. The number of hydrogen-bond acceptors (Lipinski definition) is 3. The van der Waals surface area contributed by atoms with Gasteiger partial charge < -0.3 is 10.6 Å². The third kappa shape index (κ3) is 7.16. The number of carbonyl (C=O) groups is 2. The van der Waals surface area contributed by atoms with E-state index in [1.807, 2.05) is 36.1 Å². The van der Waals surface area contributed by atoms with E-state index >= 15 is 0 Å². The fourth-order valence-corrected chi connectivity index (χ4v) is 3.54. The van der Waals surface area contributed by atoms with E-state index in [1.165, 1.54) is 32.1 Å². The van der Waals surface area contributed by atoms with Gasteiger partial charge in [-0.15, -0.1) is 0 Å². The Balaban J connectivity index is 1.78. The molecule has 1 aromatic rings. The van der Waals surface area contributed by atoms with Crippen LogP contribution in [-0.2, 0) is 9.59 Å².